The molecule has 142 valence electrons. The highest BCUT2D eigenvalue weighted by Crippen LogP contribution is 2.21. The van der Waals surface area contributed by atoms with Crippen LogP contribution in [0.1, 0.15) is 22.8 Å². The number of hydrogen-bond acceptors (Lipinski definition) is 3. The number of fused-ring (bicyclic) bond motifs is 1. The van der Waals surface area contributed by atoms with Gasteiger partial charge in [-0.15, -0.1) is 16.8 Å². The maximum Gasteiger partial charge on any atom is 0.191 e. The number of aromatic amines is 1. The third-order valence-corrected chi connectivity index (χ3v) is 4.67. The zero-order valence-corrected chi connectivity index (χ0v) is 16.2. The summed E-state index contributed by atoms with van der Waals surface area (Å²) in [4.78, 5) is 8.00. The predicted molar refractivity (Wildman–Crippen MR) is 110 cm³/mol. The van der Waals surface area contributed by atoms with E-state index in [-0.39, 0.29) is 0 Å². The molecule has 7 nitrogen and oxygen atoms in total. The Morgan fingerprint density at radius 1 is 1.30 bits per heavy atom. The van der Waals surface area contributed by atoms with Crippen molar-refractivity contribution in [2.45, 2.75) is 26.8 Å². The first-order chi connectivity index (χ1) is 13.1. The first-order valence-corrected chi connectivity index (χ1v) is 9.13. The highest BCUT2D eigenvalue weighted by atomic mass is 15.3. The summed E-state index contributed by atoms with van der Waals surface area (Å²) in [6, 6.07) is 6.39. The molecule has 0 saturated heterocycles. The summed E-state index contributed by atoms with van der Waals surface area (Å²) >= 11 is 0. The van der Waals surface area contributed by atoms with Gasteiger partial charge in [0.1, 0.15) is 12.4 Å². The average Bonchev–Trinajstić information content (AvgIpc) is 3.22. The first-order valence-electron chi connectivity index (χ1n) is 9.13. The topological polar surface area (TPSA) is 82.9 Å². The molecule has 0 spiro atoms. The van der Waals surface area contributed by atoms with Crippen LogP contribution in [0.25, 0.3) is 10.9 Å². The van der Waals surface area contributed by atoms with Crippen molar-refractivity contribution in [3.63, 3.8) is 0 Å². The van der Waals surface area contributed by atoms with E-state index in [0.717, 1.165) is 30.6 Å². The minimum Gasteiger partial charge on any atom is -0.361 e. The molecule has 3 aromatic rings. The lowest BCUT2D eigenvalue weighted by Gasteiger charge is -2.11. The molecule has 0 fully saturated rings. The fraction of sp³-hybridized carbons (Fsp3) is 0.350. The lowest BCUT2D eigenvalue weighted by molar-refractivity contribution is 0.757. The minimum absolute atomic E-state index is 0.468. The van der Waals surface area contributed by atoms with Gasteiger partial charge in [-0.3, -0.25) is 0 Å². The van der Waals surface area contributed by atoms with Crippen molar-refractivity contribution in [2.24, 2.45) is 12.0 Å². The minimum atomic E-state index is 0.468. The number of rotatable bonds is 7. The van der Waals surface area contributed by atoms with Gasteiger partial charge in [0.2, 0.25) is 0 Å². The van der Waals surface area contributed by atoms with Gasteiger partial charge >= 0.3 is 0 Å². The molecule has 0 unspecified atom stereocenters. The van der Waals surface area contributed by atoms with Crippen LogP contribution < -0.4 is 10.6 Å². The van der Waals surface area contributed by atoms with E-state index in [1.165, 1.54) is 22.0 Å². The monoisotopic (exact) mass is 365 g/mol. The molecule has 3 N–H and O–H groups in total. The molecule has 0 saturated carbocycles. The number of benzene rings is 1. The molecule has 0 bridgehead atoms. The molecule has 3 rings (SSSR count). The van der Waals surface area contributed by atoms with Crippen molar-refractivity contribution < 1.29 is 0 Å². The Morgan fingerprint density at radius 3 is 2.89 bits per heavy atom. The van der Waals surface area contributed by atoms with Crippen LogP contribution in [0.15, 0.2) is 42.0 Å². The zero-order chi connectivity index (χ0) is 19.2. The van der Waals surface area contributed by atoms with Crippen molar-refractivity contribution in [1.29, 1.82) is 0 Å². The number of H-pyrrole nitrogens is 1. The van der Waals surface area contributed by atoms with Crippen molar-refractivity contribution in [3.05, 3.63) is 59.8 Å². The van der Waals surface area contributed by atoms with Crippen molar-refractivity contribution in [3.8, 4) is 0 Å². The van der Waals surface area contributed by atoms with E-state index in [1.807, 2.05) is 24.6 Å². The van der Waals surface area contributed by atoms with E-state index in [9.17, 15) is 0 Å². The van der Waals surface area contributed by atoms with Crippen LogP contribution in [0.3, 0.4) is 0 Å². The summed E-state index contributed by atoms with van der Waals surface area (Å²) in [6.07, 6.45) is 4.81. The van der Waals surface area contributed by atoms with E-state index in [0.29, 0.717) is 13.1 Å². The number of hydrogen-bond donors (Lipinski definition) is 3. The molecule has 1 aromatic carbocycles. The maximum atomic E-state index is 4.62. The number of para-hydroxylation sites is 1. The fourth-order valence-electron chi connectivity index (χ4n) is 2.97. The van der Waals surface area contributed by atoms with Crippen LogP contribution in [0.5, 0.6) is 0 Å². The molecular formula is C20H27N7. The van der Waals surface area contributed by atoms with Gasteiger partial charge in [0.15, 0.2) is 11.8 Å². The number of aromatic nitrogens is 4. The van der Waals surface area contributed by atoms with E-state index in [1.54, 1.807) is 0 Å². The molecule has 0 atom stereocenters. The van der Waals surface area contributed by atoms with Crippen molar-refractivity contribution in [1.82, 2.24) is 30.4 Å². The quantitative estimate of drug-likeness (QED) is 0.341. The van der Waals surface area contributed by atoms with Gasteiger partial charge in [0.25, 0.3) is 0 Å². The Labute approximate surface area is 159 Å². The van der Waals surface area contributed by atoms with Crippen LogP contribution in [-0.2, 0) is 20.0 Å². The smallest absolute Gasteiger partial charge is 0.191 e. The first kappa shape index (κ1) is 18.7. The average molecular weight is 365 g/mol. The third-order valence-electron chi connectivity index (χ3n) is 4.67. The Hall–Kier alpha value is -3.09. The van der Waals surface area contributed by atoms with E-state index in [4.69, 9.17) is 0 Å². The summed E-state index contributed by atoms with van der Waals surface area (Å²) in [5, 5.41) is 16.1. The van der Waals surface area contributed by atoms with Crippen LogP contribution >= 0.6 is 0 Å². The Kier molecular flexibility index (Phi) is 5.90. The number of nitrogens with one attached hydrogen (secondary N) is 3. The van der Waals surface area contributed by atoms with Gasteiger partial charge in [0.05, 0.1) is 0 Å². The summed E-state index contributed by atoms with van der Waals surface area (Å²) in [5.41, 5.74) is 3.78. The van der Waals surface area contributed by atoms with Crippen molar-refractivity contribution in [2.75, 3.05) is 13.1 Å². The molecule has 0 aliphatic heterocycles. The third kappa shape index (κ3) is 4.36. The molecule has 0 aliphatic carbocycles. The Balaban J connectivity index is 1.63. The van der Waals surface area contributed by atoms with Crippen LogP contribution in [-0.4, -0.2) is 38.8 Å². The molecular weight excluding hydrogens is 338 g/mol. The summed E-state index contributed by atoms with van der Waals surface area (Å²) in [6.45, 7) is 9.71. The summed E-state index contributed by atoms with van der Waals surface area (Å²) in [7, 11) is 1.95. The lowest BCUT2D eigenvalue weighted by atomic mass is 10.1. The standard InChI is InChI=1S/C20H27N7/c1-5-10-21-20(24-13-18-26-25-15(3)27(18)4)22-11-9-16-12-23-19-14(2)7-6-8-17(16)19/h5-8,12,23H,1,9-11,13H2,2-4H3,(H2,21,22,24). The molecule has 7 heteroatoms. The van der Waals surface area contributed by atoms with Gasteiger partial charge in [0, 0.05) is 37.2 Å². The van der Waals surface area contributed by atoms with Gasteiger partial charge in [-0.1, -0.05) is 24.3 Å². The van der Waals surface area contributed by atoms with Crippen LogP contribution in [0, 0.1) is 13.8 Å². The normalized spacial score (nSPS) is 11.7. The van der Waals surface area contributed by atoms with Gasteiger partial charge < -0.3 is 20.2 Å². The van der Waals surface area contributed by atoms with Crippen molar-refractivity contribution >= 4 is 16.9 Å². The zero-order valence-electron chi connectivity index (χ0n) is 16.2. The SMILES string of the molecule is C=CCNC(=NCc1nnc(C)n1C)NCCc1c[nH]c2c(C)cccc12. The lowest BCUT2D eigenvalue weighted by Crippen LogP contribution is -2.38. The van der Waals surface area contributed by atoms with E-state index < -0.39 is 0 Å². The van der Waals surface area contributed by atoms with Gasteiger partial charge in [-0.25, -0.2) is 4.99 Å². The Morgan fingerprint density at radius 2 is 2.15 bits per heavy atom. The fourth-order valence-corrected chi connectivity index (χ4v) is 2.97. The predicted octanol–water partition coefficient (Wildman–Crippen LogP) is 2.38. The second-order valence-electron chi connectivity index (χ2n) is 6.55. The maximum absolute atomic E-state index is 4.62. The number of aliphatic imine (C=N–C) groups is 1. The highest BCUT2D eigenvalue weighted by Gasteiger charge is 2.07. The summed E-state index contributed by atoms with van der Waals surface area (Å²) < 4.78 is 1.95. The van der Waals surface area contributed by atoms with Gasteiger partial charge in [-0.05, 0) is 31.4 Å². The van der Waals surface area contributed by atoms with Crippen LogP contribution in [0.2, 0.25) is 0 Å². The molecule has 0 aliphatic rings. The largest absolute Gasteiger partial charge is 0.361 e. The highest BCUT2D eigenvalue weighted by molar-refractivity contribution is 5.86. The Bertz CT molecular complexity index is 949. The molecule has 2 heterocycles. The van der Waals surface area contributed by atoms with E-state index in [2.05, 4.69) is 68.7 Å². The summed E-state index contributed by atoms with van der Waals surface area (Å²) in [5.74, 6) is 2.45. The number of nitrogens with zero attached hydrogens (tertiary/aromatic N) is 4. The molecule has 2 aromatic heterocycles. The second-order valence-corrected chi connectivity index (χ2v) is 6.55. The van der Waals surface area contributed by atoms with Crippen LogP contribution in [0.4, 0.5) is 0 Å². The van der Waals surface area contributed by atoms with E-state index >= 15 is 0 Å². The molecule has 27 heavy (non-hydrogen) atoms. The number of aryl methyl sites for hydroxylation is 2. The molecule has 0 amide bonds. The second kappa shape index (κ2) is 8.53. The molecule has 0 radical (unpaired) electrons. The number of guanidine groups is 1. The van der Waals surface area contributed by atoms with Gasteiger partial charge in [-0.2, -0.15) is 0 Å².